The van der Waals surface area contributed by atoms with Gasteiger partial charge >= 0.3 is 0 Å². The average Bonchev–Trinajstić information content (AvgIpc) is 2.54. The number of nitrogens with two attached hydrogens (primary N) is 1. The first-order valence-corrected chi connectivity index (χ1v) is 6.62. The fraction of sp³-hybridized carbons (Fsp3) is 0.769. The van der Waals surface area contributed by atoms with E-state index >= 15 is 0 Å². The summed E-state index contributed by atoms with van der Waals surface area (Å²) in [5, 5.41) is 4.56. The van der Waals surface area contributed by atoms with Crippen LogP contribution in [0.5, 0.6) is 0 Å². The molecule has 1 aromatic rings. The molecule has 0 saturated heterocycles. The Bertz CT molecular complexity index is 322. The molecule has 2 rings (SSSR count). The van der Waals surface area contributed by atoms with Crippen molar-refractivity contribution < 1.29 is 0 Å². The van der Waals surface area contributed by atoms with Crippen molar-refractivity contribution in [3.05, 3.63) is 17.5 Å². The summed E-state index contributed by atoms with van der Waals surface area (Å²) in [5.41, 5.74) is 8.33. The zero-order valence-electron chi connectivity index (χ0n) is 10.3. The molecule has 0 unspecified atom stereocenters. The predicted octanol–water partition coefficient (Wildman–Crippen LogP) is 2.80. The lowest BCUT2D eigenvalue weighted by atomic mass is 10.1. The van der Waals surface area contributed by atoms with E-state index in [9.17, 15) is 0 Å². The zero-order chi connectivity index (χ0) is 11.4. The molecule has 0 spiro atoms. The van der Waals surface area contributed by atoms with Gasteiger partial charge in [0.1, 0.15) is 0 Å². The van der Waals surface area contributed by atoms with Gasteiger partial charge in [0.15, 0.2) is 0 Å². The number of hydrogen-bond acceptors (Lipinski definition) is 2. The van der Waals surface area contributed by atoms with Crippen LogP contribution in [-0.4, -0.2) is 9.78 Å². The van der Waals surface area contributed by atoms with Crippen LogP contribution in [0.15, 0.2) is 6.20 Å². The Balaban J connectivity index is 2.20. The third-order valence-corrected chi connectivity index (χ3v) is 3.71. The van der Waals surface area contributed by atoms with Crippen molar-refractivity contribution in [3.8, 4) is 0 Å². The van der Waals surface area contributed by atoms with Crippen LogP contribution in [0.2, 0.25) is 0 Å². The molecule has 0 amide bonds. The number of nitrogens with zero attached hydrogens (tertiary/aromatic N) is 2. The van der Waals surface area contributed by atoms with Crippen molar-refractivity contribution in [2.75, 3.05) is 0 Å². The summed E-state index contributed by atoms with van der Waals surface area (Å²) in [6.45, 7) is 2.82. The summed E-state index contributed by atoms with van der Waals surface area (Å²) >= 11 is 0. The van der Waals surface area contributed by atoms with Crippen LogP contribution < -0.4 is 5.73 Å². The molecule has 16 heavy (non-hydrogen) atoms. The highest BCUT2D eigenvalue weighted by Gasteiger charge is 2.18. The SMILES string of the molecule is CCc1c(CN)cnn1C1CCCCCC1. The van der Waals surface area contributed by atoms with Gasteiger partial charge in [0.2, 0.25) is 0 Å². The molecule has 3 nitrogen and oxygen atoms in total. The molecule has 0 atom stereocenters. The lowest BCUT2D eigenvalue weighted by molar-refractivity contribution is 0.394. The summed E-state index contributed by atoms with van der Waals surface area (Å²) in [5.74, 6) is 0. The topological polar surface area (TPSA) is 43.8 Å². The maximum absolute atomic E-state index is 5.75. The summed E-state index contributed by atoms with van der Waals surface area (Å²) in [6.07, 6.45) is 11.1. The molecule has 0 bridgehead atoms. The highest BCUT2D eigenvalue weighted by Crippen LogP contribution is 2.28. The first kappa shape index (κ1) is 11.6. The standard InChI is InChI=1S/C13H23N3/c1-2-13-11(9-14)10-15-16(13)12-7-5-3-4-6-8-12/h10,12H,2-9,14H2,1H3. The molecular formula is C13H23N3. The van der Waals surface area contributed by atoms with Gasteiger partial charge < -0.3 is 5.73 Å². The van der Waals surface area contributed by atoms with Crippen LogP contribution in [0.4, 0.5) is 0 Å². The Labute approximate surface area is 98.0 Å². The Kier molecular flexibility index (Phi) is 3.99. The molecule has 1 aliphatic rings. The van der Waals surface area contributed by atoms with E-state index in [1.54, 1.807) is 0 Å². The molecule has 2 N–H and O–H groups in total. The van der Waals surface area contributed by atoms with Gasteiger partial charge in [0.05, 0.1) is 12.2 Å². The lowest BCUT2D eigenvalue weighted by Crippen LogP contribution is -2.13. The maximum atomic E-state index is 5.75. The van der Waals surface area contributed by atoms with Crippen molar-refractivity contribution in [1.82, 2.24) is 9.78 Å². The van der Waals surface area contributed by atoms with E-state index in [1.165, 1.54) is 49.8 Å². The predicted molar refractivity (Wildman–Crippen MR) is 66.2 cm³/mol. The van der Waals surface area contributed by atoms with Crippen LogP contribution in [0, 0.1) is 0 Å². The quantitative estimate of drug-likeness (QED) is 0.798. The Morgan fingerprint density at radius 2 is 2.00 bits per heavy atom. The minimum Gasteiger partial charge on any atom is -0.326 e. The molecule has 0 aliphatic heterocycles. The van der Waals surface area contributed by atoms with Crippen molar-refractivity contribution in [2.24, 2.45) is 5.73 Å². The van der Waals surface area contributed by atoms with Crippen LogP contribution >= 0.6 is 0 Å². The Morgan fingerprint density at radius 1 is 1.31 bits per heavy atom. The minimum absolute atomic E-state index is 0.621. The van der Waals surface area contributed by atoms with Gasteiger partial charge in [-0.15, -0.1) is 0 Å². The monoisotopic (exact) mass is 221 g/mol. The van der Waals surface area contributed by atoms with Gasteiger partial charge in [-0.05, 0) is 19.3 Å². The van der Waals surface area contributed by atoms with E-state index in [0.717, 1.165) is 6.42 Å². The first-order chi connectivity index (χ1) is 7.86. The van der Waals surface area contributed by atoms with Gasteiger partial charge in [-0.3, -0.25) is 4.68 Å². The van der Waals surface area contributed by atoms with Crippen molar-refractivity contribution >= 4 is 0 Å². The van der Waals surface area contributed by atoms with Gasteiger partial charge in [-0.25, -0.2) is 0 Å². The van der Waals surface area contributed by atoms with E-state index in [-0.39, 0.29) is 0 Å². The molecule has 1 saturated carbocycles. The van der Waals surface area contributed by atoms with E-state index < -0.39 is 0 Å². The second-order valence-electron chi connectivity index (χ2n) is 4.76. The summed E-state index contributed by atoms with van der Waals surface area (Å²) in [4.78, 5) is 0. The fourth-order valence-corrected chi connectivity index (χ4v) is 2.80. The van der Waals surface area contributed by atoms with Crippen LogP contribution in [-0.2, 0) is 13.0 Å². The van der Waals surface area contributed by atoms with Gasteiger partial charge in [-0.2, -0.15) is 5.10 Å². The second-order valence-corrected chi connectivity index (χ2v) is 4.76. The number of hydrogen-bond donors (Lipinski definition) is 1. The molecule has 0 radical (unpaired) electrons. The van der Waals surface area contributed by atoms with Crippen molar-refractivity contribution in [2.45, 2.75) is 64.5 Å². The Hall–Kier alpha value is -0.830. The molecule has 3 heteroatoms. The van der Waals surface area contributed by atoms with E-state index in [1.807, 2.05) is 6.20 Å². The third kappa shape index (κ3) is 2.29. The van der Waals surface area contributed by atoms with E-state index in [2.05, 4.69) is 16.7 Å². The second kappa shape index (κ2) is 5.48. The summed E-state index contributed by atoms with van der Waals surface area (Å²) in [7, 11) is 0. The van der Waals surface area contributed by atoms with Crippen LogP contribution in [0.3, 0.4) is 0 Å². The smallest absolute Gasteiger partial charge is 0.0537 e. The van der Waals surface area contributed by atoms with Gasteiger partial charge in [0, 0.05) is 17.8 Å². The van der Waals surface area contributed by atoms with E-state index in [4.69, 9.17) is 5.73 Å². The van der Waals surface area contributed by atoms with Gasteiger partial charge in [-0.1, -0.05) is 32.6 Å². The summed E-state index contributed by atoms with van der Waals surface area (Å²) < 4.78 is 2.26. The zero-order valence-corrected chi connectivity index (χ0v) is 10.3. The minimum atomic E-state index is 0.621. The molecular weight excluding hydrogens is 198 g/mol. The number of rotatable bonds is 3. The normalized spacial score (nSPS) is 18.6. The third-order valence-electron chi connectivity index (χ3n) is 3.71. The fourth-order valence-electron chi connectivity index (χ4n) is 2.80. The number of aromatic nitrogens is 2. The van der Waals surface area contributed by atoms with Crippen LogP contribution in [0.1, 0.15) is 62.7 Å². The van der Waals surface area contributed by atoms with Gasteiger partial charge in [0.25, 0.3) is 0 Å². The van der Waals surface area contributed by atoms with Crippen molar-refractivity contribution in [1.29, 1.82) is 0 Å². The molecule has 1 aliphatic carbocycles. The summed E-state index contributed by atoms with van der Waals surface area (Å²) in [6, 6.07) is 0.623. The molecule has 1 heterocycles. The van der Waals surface area contributed by atoms with Crippen molar-refractivity contribution in [3.63, 3.8) is 0 Å². The molecule has 90 valence electrons. The molecule has 1 aromatic heterocycles. The first-order valence-electron chi connectivity index (χ1n) is 6.62. The van der Waals surface area contributed by atoms with E-state index in [0.29, 0.717) is 12.6 Å². The molecule has 1 fully saturated rings. The lowest BCUT2D eigenvalue weighted by Gasteiger charge is -2.18. The highest BCUT2D eigenvalue weighted by atomic mass is 15.3. The maximum Gasteiger partial charge on any atom is 0.0537 e. The average molecular weight is 221 g/mol. The molecule has 0 aromatic carbocycles. The highest BCUT2D eigenvalue weighted by molar-refractivity contribution is 5.18. The Morgan fingerprint density at radius 3 is 2.56 bits per heavy atom. The van der Waals surface area contributed by atoms with Crippen LogP contribution in [0.25, 0.3) is 0 Å². The largest absolute Gasteiger partial charge is 0.326 e.